The number of anilines is 1. The second-order valence-corrected chi connectivity index (χ2v) is 4.28. The highest BCUT2D eigenvalue weighted by Crippen LogP contribution is 2.22. The number of aromatic nitrogens is 2. The molecule has 0 bridgehead atoms. The third-order valence-electron chi connectivity index (χ3n) is 2.97. The summed E-state index contributed by atoms with van der Waals surface area (Å²) >= 11 is 0. The average Bonchev–Trinajstić information content (AvgIpc) is 2.90. The van der Waals surface area contributed by atoms with Crippen molar-refractivity contribution in [2.45, 2.75) is 0 Å². The van der Waals surface area contributed by atoms with Crippen LogP contribution in [-0.4, -0.2) is 15.9 Å². The standard InChI is InChI=1S/C15H10N4O/c16-6-10-5-11(8-17-7-10)15(20)19-14-9-18-13-4-2-1-3-12(13)14/h1-5,7-9,18H,(H,19,20). The number of rotatable bonds is 2. The summed E-state index contributed by atoms with van der Waals surface area (Å²) in [6.07, 6.45) is 4.59. The number of hydrogen-bond acceptors (Lipinski definition) is 3. The van der Waals surface area contributed by atoms with Crippen LogP contribution in [0.2, 0.25) is 0 Å². The molecule has 0 fully saturated rings. The van der Waals surface area contributed by atoms with Gasteiger partial charge in [-0.2, -0.15) is 5.26 Å². The molecule has 0 aliphatic rings. The van der Waals surface area contributed by atoms with Crippen molar-refractivity contribution in [3.05, 3.63) is 60.0 Å². The van der Waals surface area contributed by atoms with Crippen molar-refractivity contribution >= 4 is 22.5 Å². The van der Waals surface area contributed by atoms with Crippen LogP contribution in [0.15, 0.2) is 48.9 Å². The molecule has 20 heavy (non-hydrogen) atoms. The Bertz CT molecular complexity index is 829. The van der Waals surface area contributed by atoms with Crippen LogP contribution >= 0.6 is 0 Å². The molecule has 0 unspecified atom stereocenters. The molecule has 0 saturated heterocycles. The molecule has 0 aliphatic heterocycles. The lowest BCUT2D eigenvalue weighted by molar-refractivity contribution is 0.102. The number of nitrogens with zero attached hydrogens (tertiary/aromatic N) is 2. The molecule has 0 atom stereocenters. The van der Waals surface area contributed by atoms with E-state index in [9.17, 15) is 4.79 Å². The molecule has 0 saturated carbocycles. The predicted octanol–water partition coefficient (Wildman–Crippen LogP) is 2.69. The van der Waals surface area contributed by atoms with E-state index in [1.807, 2.05) is 30.3 Å². The third kappa shape index (κ3) is 2.10. The molecule has 1 aromatic carbocycles. The van der Waals surface area contributed by atoms with E-state index in [2.05, 4.69) is 15.3 Å². The van der Waals surface area contributed by atoms with Crippen molar-refractivity contribution in [2.75, 3.05) is 5.32 Å². The van der Waals surface area contributed by atoms with Gasteiger partial charge in [0, 0.05) is 29.5 Å². The van der Waals surface area contributed by atoms with Crippen LogP contribution in [0.3, 0.4) is 0 Å². The molecule has 2 heterocycles. The van der Waals surface area contributed by atoms with Crippen LogP contribution < -0.4 is 5.32 Å². The summed E-state index contributed by atoms with van der Waals surface area (Å²) in [4.78, 5) is 19.1. The van der Waals surface area contributed by atoms with Gasteiger partial charge in [0.25, 0.3) is 5.91 Å². The number of benzene rings is 1. The number of para-hydroxylation sites is 1. The lowest BCUT2D eigenvalue weighted by Crippen LogP contribution is -2.12. The lowest BCUT2D eigenvalue weighted by atomic mass is 10.2. The molecule has 96 valence electrons. The van der Waals surface area contributed by atoms with Gasteiger partial charge in [-0.1, -0.05) is 18.2 Å². The summed E-state index contributed by atoms with van der Waals surface area (Å²) in [6, 6.07) is 11.2. The van der Waals surface area contributed by atoms with Crippen molar-refractivity contribution in [1.29, 1.82) is 5.26 Å². The fraction of sp³-hybridized carbons (Fsp3) is 0. The van der Waals surface area contributed by atoms with Gasteiger partial charge in [-0.15, -0.1) is 0 Å². The third-order valence-corrected chi connectivity index (χ3v) is 2.97. The first-order valence-corrected chi connectivity index (χ1v) is 6.00. The summed E-state index contributed by atoms with van der Waals surface area (Å²) in [7, 11) is 0. The van der Waals surface area contributed by atoms with E-state index in [1.54, 1.807) is 6.20 Å². The molecule has 0 aliphatic carbocycles. The Hall–Kier alpha value is -3.13. The summed E-state index contributed by atoms with van der Waals surface area (Å²) in [5.74, 6) is -0.292. The summed E-state index contributed by atoms with van der Waals surface area (Å²) in [5.41, 5.74) is 2.37. The first-order valence-electron chi connectivity index (χ1n) is 6.00. The normalized spacial score (nSPS) is 10.2. The van der Waals surface area contributed by atoms with E-state index in [0.717, 1.165) is 10.9 Å². The van der Waals surface area contributed by atoms with Gasteiger partial charge in [-0.25, -0.2) is 0 Å². The zero-order valence-corrected chi connectivity index (χ0v) is 10.4. The van der Waals surface area contributed by atoms with E-state index < -0.39 is 0 Å². The SMILES string of the molecule is N#Cc1cncc(C(=O)Nc2c[nH]c3ccccc23)c1. The topological polar surface area (TPSA) is 81.6 Å². The minimum Gasteiger partial charge on any atom is -0.359 e. The Morgan fingerprint density at radius 2 is 2.15 bits per heavy atom. The fourth-order valence-corrected chi connectivity index (χ4v) is 1.99. The van der Waals surface area contributed by atoms with E-state index >= 15 is 0 Å². The van der Waals surface area contributed by atoms with Crippen LogP contribution in [0.25, 0.3) is 10.9 Å². The molecule has 5 heteroatoms. The lowest BCUT2D eigenvalue weighted by Gasteiger charge is -2.03. The summed E-state index contributed by atoms with van der Waals surface area (Å²) in [5, 5.41) is 12.6. The number of carbonyl (C=O) groups excluding carboxylic acids is 1. The van der Waals surface area contributed by atoms with Gasteiger partial charge in [-0.05, 0) is 12.1 Å². The second kappa shape index (κ2) is 4.86. The van der Waals surface area contributed by atoms with Crippen LogP contribution in [0.4, 0.5) is 5.69 Å². The monoisotopic (exact) mass is 262 g/mol. The highest BCUT2D eigenvalue weighted by molar-refractivity contribution is 6.08. The van der Waals surface area contributed by atoms with E-state index in [4.69, 9.17) is 5.26 Å². The summed E-state index contributed by atoms with van der Waals surface area (Å²) < 4.78 is 0. The summed E-state index contributed by atoms with van der Waals surface area (Å²) in [6.45, 7) is 0. The Morgan fingerprint density at radius 3 is 3.00 bits per heavy atom. The Morgan fingerprint density at radius 1 is 1.30 bits per heavy atom. The smallest absolute Gasteiger partial charge is 0.257 e. The predicted molar refractivity (Wildman–Crippen MR) is 75.2 cm³/mol. The molecular weight excluding hydrogens is 252 g/mol. The molecule has 5 nitrogen and oxygen atoms in total. The highest BCUT2D eigenvalue weighted by atomic mass is 16.1. The van der Waals surface area contributed by atoms with E-state index in [-0.39, 0.29) is 5.91 Å². The second-order valence-electron chi connectivity index (χ2n) is 4.28. The molecule has 0 spiro atoms. The molecule has 2 N–H and O–H groups in total. The van der Waals surface area contributed by atoms with Crippen LogP contribution in [-0.2, 0) is 0 Å². The van der Waals surface area contributed by atoms with Crippen molar-refractivity contribution in [2.24, 2.45) is 0 Å². The van der Waals surface area contributed by atoms with Crippen molar-refractivity contribution in [3.63, 3.8) is 0 Å². The van der Waals surface area contributed by atoms with Crippen LogP contribution in [0.1, 0.15) is 15.9 Å². The Balaban J connectivity index is 1.91. The maximum absolute atomic E-state index is 12.1. The first kappa shape index (κ1) is 11.9. The Labute approximate surface area is 114 Å². The molecule has 2 aromatic heterocycles. The van der Waals surface area contributed by atoms with Crippen molar-refractivity contribution < 1.29 is 4.79 Å². The number of pyridine rings is 1. The minimum absolute atomic E-state index is 0.292. The van der Waals surface area contributed by atoms with E-state index in [1.165, 1.54) is 18.5 Å². The Kier molecular flexibility index (Phi) is 2.90. The highest BCUT2D eigenvalue weighted by Gasteiger charge is 2.10. The van der Waals surface area contributed by atoms with Gasteiger partial charge in [-0.3, -0.25) is 9.78 Å². The fourth-order valence-electron chi connectivity index (χ4n) is 1.99. The van der Waals surface area contributed by atoms with Gasteiger partial charge >= 0.3 is 0 Å². The molecular formula is C15H10N4O. The van der Waals surface area contributed by atoms with Gasteiger partial charge in [0.1, 0.15) is 6.07 Å². The number of fused-ring (bicyclic) bond motifs is 1. The van der Waals surface area contributed by atoms with Gasteiger partial charge in [0.15, 0.2) is 0 Å². The number of carbonyl (C=O) groups is 1. The van der Waals surface area contributed by atoms with Crippen LogP contribution in [0, 0.1) is 11.3 Å². The first-order chi connectivity index (χ1) is 9.78. The number of hydrogen-bond donors (Lipinski definition) is 2. The van der Waals surface area contributed by atoms with Crippen LogP contribution in [0.5, 0.6) is 0 Å². The number of nitrogens with one attached hydrogen (secondary N) is 2. The number of amides is 1. The molecule has 0 radical (unpaired) electrons. The zero-order valence-electron chi connectivity index (χ0n) is 10.4. The number of nitriles is 1. The molecule has 3 aromatic rings. The van der Waals surface area contributed by atoms with Gasteiger partial charge < -0.3 is 10.3 Å². The molecule has 3 rings (SSSR count). The average molecular weight is 262 g/mol. The quantitative estimate of drug-likeness (QED) is 0.745. The minimum atomic E-state index is -0.292. The zero-order chi connectivity index (χ0) is 13.9. The van der Waals surface area contributed by atoms with Crippen molar-refractivity contribution in [3.8, 4) is 6.07 Å². The maximum Gasteiger partial charge on any atom is 0.257 e. The largest absolute Gasteiger partial charge is 0.359 e. The van der Waals surface area contributed by atoms with E-state index in [0.29, 0.717) is 16.8 Å². The van der Waals surface area contributed by atoms with Gasteiger partial charge in [0.05, 0.1) is 16.8 Å². The maximum atomic E-state index is 12.1. The van der Waals surface area contributed by atoms with Gasteiger partial charge in [0.2, 0.25) is 0 Å². The van der Waals surface area contributed by atoms with Crippen molar-refractivity contribution in [1.82, 2.24) is 9.97 Å². The number of aromatic amines is 1. The molecule has 1 amide bonds. The number of H-pyrrole nitrogens is 1.